The highest BCUT2D eigenvalue weighted by atomic mass is 35.5. The van der Waals surface area contributed by atoms with Crippen LogP contribution in [0.5, 0.6) is 0 Å². The summed E-state index contributed by atoms with van der Waals surface area (Å²) in [7, 11) is 0. The van der Waals surface area contributed by atoms with Crippen LogP contribution in [0.3, 0.4) is 0 Å². The maximum absolute atomic E-state index is 12.7. The van der Waals surface area contributed by atoms with Gasteiger partial charge in [-0.05, 0) is 61.0 Å². The molecule has 0 unspecified atom stereocenters. The molecule has 0 spiro atoms. The highest BCUT2D eigenvalue weighted by molar-refractivity contribution is 6.42. The minimum absolute atomic E-state index is 0.269. The number of hydrogen-bond acceptors (Lipinski definition) is 3. The summed E-state index contributed by atoms with van der Waals surface area (Å²) in [6, 6.07) is 18.2. The molecule has 3 rings (SSSR count). The van der Waals surface area contributed by atoms with Crippen LogP contribution >= 0.6 is 34.8 Å². The van der Waals surface area contributed by atoms with Crippen LogP contribution in [0.15, 0.2) is 71.8 Å². The minimum Gasteiger partial charge on any atom is -0.321 e. The first kappa shape index (κ1) is 21.8. The normalized spacial score (nSPS) is 11.1. The maximum atomic E-state index is 12.7. The Morgan fingerprint density at radius 1 is 0.800 bits per heavy atom. The second-order valence-corrected chi connectivity index (χ2v) is 7.52. The van der Waals surface area contributed by atoms with Crippen LogP contribution in [0.4, 0.5) is 5.69 Å². The van der Waals surface area contributed by atoms with Gasteiger partial charge >= 0.3 is 0 Å². The molecule has 2 N–H and O–H groups in total. The van der Waals surface area contributed by atoms with E-state index >= 15 is 0 Å². The molecule has 0 aliphatic heterocycles. The fourth-order valence-electron chi connectivity index (χ4n) is 2.57. The molecule has 0 fully saturated rings. The Hall–Kier alpha value is -2.86. The molecule has 3 aromatic rings. The number of halogens is 3. The monoisotopic (exact) mass is 459 g/mol. The van der Waals surface area contributed by atoms with Crippen LogP contribution < -0.4 is 10.7 Å². The first-order valence-corrected chi connectivity index (χ1v) is 9.94. The van der Waals surface area contributed by atoms with E-state index in [1.165, 1.54) is 0 Å². The molecule has 0 aliphatic rings. The SMILES string of the molecule is C/C(=N/NC(=O)c1ccccc1NC(=O)c1ccc(Cl)cc1)c1ccc(Cl)c(Cl)c1. The van der Waals surface area contributed by atoms with Crippen molar-refractivity contribution in [3.05, 3.63) is 98.5 Å². The highest BCUT2D eigenvalue weighted by Gasteiger charge is 2.14. The summed E-state index contributed by atoms with van der Waals surface area (Å²) in [5, 5.41) is 8.21. The predicted octanol–water partition coefficient (Wildman–Crippen LogP) is 6.05. The van der Waals surface area contributed by atoms with Gasteiger partial charge in [-0.3, -0.25) is 9.59 Å². The topological polar surface area (TPSA) is 70.6 Å². The molecule has 5 nitrogen and oxygen atoms in total. The highest BCUT2D eigenvalue weighted by Crippen LogP contribution is 2.23. The molecular formula is C22H16Cl3N3O2. The first-order valence-electron chi connectivity index (χ1n) is 8.81. The van der Waals surface area contributed by atoms with Gasteiger partial charge in [-0.1, -0.05) is 53.0 Å². The van der Waals surface area contributed by atoms with E-state index in [1.54, 1.807) is 73.7 Å². The Morgan fingerprint density at radius 2 is 1.47 bits per heavy atom. The van der Waals surface area contributed by atoms with Crippen molar-refractivity contribution < 1.29 is 9.59 Å². The van der Waals surface area contributed by atoms with Crippen LogP contribution in [0.1, 0.15) is 33.2 Å². The van der Waals surface area contributed by atoms with Gasteiger partial charge in [0.1, 0.15) is 0 Å². The number of carbonyl (C=O) groups is 2. The maximum Gasteiger partial charge on any atom is 0.273 e. The van der Waals surface area contributed by atoms with E-state index in [2.05, 4.69) is 15.8 Å². The largest absolute Gasteiger partial charge is 0.321 e. The van der Waals surface area contributed by atoms with Gasteiger partial charge < -0.3 is 5.32 Å². The van der Waals surface area contributed by atoms with Gasteiger partial charge in [-0.2, -0.15) is 5.10 Å². The number of hydrogen-bond donors (Lipinski definition) is 2. The zero-order valence-corrected chi connectivity index (χ0v) is 18.0. The summed E-state index contributed by atoms with van der Waals surface area (Å²) in [5.74, 6) is -0.830. The Bertz CT molecular complexity index is 1130. The Balaban J connectivity index is 1.75. The fraction of sp³-hybridized carbons (Fsp3) is 0.0455. The number of rotatable bonds is 5. The summed E-state index contributed by atoms with van der Waals surface area (Å²) >= 11 is 17.8. The number of carbonyl (C=O) groups excluding carboxylic acids is 2. The van der Waals surface area contributed by atoms with Gasteiger partial charge in [0, 0.05) is 10.6 Å². The lowest BCUT2D eigenvalue weighted by Gasteiger charge is -2.10. The van der Waals surface area contributed by atoms with E-state index in [9.17, 15) is 9.59 Å². The van der Waals surface area contributed by atoms with Gasteiger partial charge in [0.15, 0.2) is 0 Å². The van der Waals surface area contributed by atoms with Crippen molar-refractivity contribution in [3.63, 3.8) is 0 Å². The summed E-state index contributed by atoms with van der Waals surface area (Å²) in [6.45, 7) is 1.73. The van der Waals surface area contributed by atoms with Crippen LogP contribution in [0, 0.1) is 0 Å². The molecule has 0 bridgehead atoms. The molecule has 3 aromatic carbocycles. The van der Waals surface area contributed by atoms with Crippen molar-refractivity contribution in [3.8, 4) is 0 Å². The number of benzene rings is 3. The van der Waals surface area contributed by atoms with E-state index in [-0.39, 0.29) is 11.5 Å². The van der Waals surface area contributed by atoms with Crippen molar-refractivity contribution >= 4 is 58.0 Å². The van der Waals surface area contributed by atoms with E-state index in [0.29, 0.717) is 37.6 Å². The molecule has 0 saturated heterocycles. The zero-order valence-electron chi connectivity index (χ0n) is 15.7. The van der Waals surface area contributed by atoms with E-state index in [1.807, 2.05) is 0 Å². The Morgan fingerprint density at radius 3 is 2.17 bits per heavy atom. The van der Waals surface area contributed by atoms with Crippen LogP contribution in [-0.2, 0) is 0 Å². The predicted molar refractivity (Wildman–Crippen MR) is 122 cm³/mol. The lowest BCUT2D eigenvalue weighted by atomic mass is 10.1. The summed E-state index contributed by atoms with van der Waals surface area (Å²) in [5.41, 5.74) is 4.81. The molecule has 2 amide bonds. The molecular weight excluding hydrogens is 445 g/mol. The summed E-state index contributed by atoms with van der Waals surface area (Å²) in [6.07, 6.45) is 0. The summed E-state index contributed by atoms with van der Waals surface area (Å²) < 4.78 is 0. The number of nitrogens with one attached hydrogen (secondary N) is 2. The van der Waals surface area contributed by atoms with Crippen molar-refractivity contribution in [2.24, 2.45) is 5.10 Å². The quantitative estimate of drug-likeness (QED) is 0.359. The van der Waals surface area contributed by atoms with E-state index in [4.69, 9.17) is 34.8 Å². The minimum atomic E-state index is -0.471. The average Bonchev–Trinajstić information content (AvgIpc) is 2.74. The van der Waals surface area contributed by atoms with Gasteiger partial charge in [0.2, 0.25) is 0 Å². The summed E-state index contributed by atoms with van der Waals surface area (Å²) in [4.78, 5) is 25.1. The number of hydrazone groups is 1. The lowest BCUT2D eigenvalue weighted by molar-refractivity contribution is 0.0955. The van der Waals surface area contributed by atoms with Crippen LogP contribution in [0.25, 0.3) is 0 Å². The second-order valence-electron chi connectivity index (χ2n) is 6.27. The van der Waals surface area contributed by atoms with Gasteiger partial charge in [0.05, 0.1) is 27.0 Å². The third kappa shape index (κ3) is 5.39. The molecule has 30 heavy (non-hydrogen) atoms. The third-order valence-electron chi connectivity index (χ3n) is 4.19. The van der Waals surface area contributed by atoms with Gasteiger partial charge in [-0.25, -0.2) is 5.43 Å². The zero-order chi connectivity index (χ0) is 21.7. The number of para-hydroxylation sites is 1. The van der Waals surface area contributed by atoms with Crippen molar-refractivity contribution in [2.75, 3.05) is 5.32 Å². The molecule has 8 heteroatoms. The van der Waals surface area contributed by atoms with Crippen molar-refractivity contribution in [1.82, 2.24) is 5.43 Å². The van der Waals surface area contributed by atoms with Gasteiger partial charge in [-0.15, -0.1) is 0 Å². The Kier molecular flexibility index (Phi) is 7.11. The smallest absolute Gasteiger partial charge is 0.273 e. The standard InChI is InChI=1S/C22H16Cl3N3O2/c1-13(15-8-11-18(24)19(25)12-15)27-28-22(30)17-4-2-3-5-20(17)26-21(29)14-6-9-16(23)10-7-14/h2-12H,1H3,(H,26,29)(H,28,30)/b27-13-. The first-order chi connectivity index (χ1) is 14.3. The molecule has 0 radical (unpaired) electrons. The number of anilines is 1. The molecule has 0 aliphatic carbocycles. The lowest BCUT2D eigenvalue weighted by Crippen LogP contribution is -2.22. The van der Waals surface area contributed by atoms with Crippen molar-refractivity contribution in [1.29, 1.82) is 0 Å². The molecule has 0 aromatic heterocycles. The fourth-order valence-corrected chi connectivity index (χ4v) is 2.99. The van der Waals surface area contributed by atoms with Crippen LogP contribution in [0.2, 0.25) is 15.1 Å². The molecule has 0 saturated carbocycles. The average molecular weight is 461 g/mol. The van der Waals surface area contributed by atoms with E-state index in [0.717, 1.165) is 0 Å². The Labute approximate surface area is 188 Å². The number of amides is 2. The third-order valence-corrected chi connectivity index (χ3v) is 5.18. The van der Waals surface area contributed by atoms with Gasteiger partial charge in [0.25, 0.3) is 11.8 Å². The van der Waals surface area contributed by atoms with Crippen LogP contribution in [-0.4, -0.2) is 17.5 Å². The number of nitrogens with zero attached hydrogens (tertiary/aromatic N) is 1. The second kappa shape index (κ2) is 9.76. The molecule has 152 valence electrons. The molecule has 0 heterocycles. The van der Waals surface area contributed by atoms with E-state index < -0.39 is 5.91 Å². The van der Waals surface area contributed by atoms with Crippen molar-refractivity contribution in [2.45, 2.75) is 6.92 Å². The molecule has 0 atom stereocenters.